The molecule has 26 heavy (non-hydrogen) atoms. The number of hydrogen-bond donors (Lipinski definition) is 2. The van der Waals surface area contributed by atoms with E-state index in [0.717, 1.165) is 21.3 Å². The van der Waals surface area contributed by atoms with E-state index in [1.165, 1.54) is 34.5 Å². The van der Waals surface area contributed by atoms with E-state index >= 15 is 0 Å². The zero-order valence-corrected chi connectivity index (χ0v) is 14.2. The lowest BCUT2D eigenvalue weighted by Crippen LogP contribution is -2.18. The summed E-state index contributed by atoms with van der Waals surface area (Å²) in [7, 11) is 0. The molecule has 0 aliphatic carbocycles. The smallest absolute Gasteiger partial charge is 0.239 e. The van der Waals surface area contributed by atoms with Crippen molar-refractivity contribution in [1.29, 1.82) is 0 Å². The van der Waals surface area contributed by atoms with Crippen molar-refractivity contribution >= 4 is 39.0 Å². The number of benzene rings is 1. The fraction of sp³-hybridized carbons (Fsp3) is 0.0588. The Balaban J connectivity index is 1.73. The Morgan fingerprint density at radius 2 is 2.08 bits per heavy atom. The van der Waals surface area contributed by atoms with Gasteiger partial charge in [0.25, 0.3) is 0 Å². The van der Waals surface area contributed by atoms with Gasteiger partial charge in [0.15, 0.2) is 0 Å². The minimum atomic E-state index is -0.472. The minimum Gasteiger partial charge on any atom is -0.368 e. The zero-order chi connectivity index (χ0) is 18.1. The van der Waals surface area contributed by atoms with Crippen LogP contribution in [-0.4, -0.2) is 25.7 Å². The van der Waals surface area contributed by atoms with Crippen LogP contribution in [0.5, 0.6) is 0 Å². The maximum absolute atomic E-state index is 13.2. The van der Waals surface area contributed by atoms with Crippen LogP contribution in [0.1, 0.15) is 0 Å². The summed E-state index contributed by atoms with van der Waals surface area (Å²) in [5, 5.41) is 10.1. The number of anilines is 2. The van der Waals surface area contributed by atoms with Crippen LogP contribution in [-0.2, 0) is 11.3 Å². The third-order valence-electron chi connectivity index (χ3n) is 3.74. The third kappa shape index (κ3) is 3.11. The largest absolute Gasteiger partial charge is 0.368 e. The van der Waals surface area contributed by atoms with E-state index < -0.39 is 5.91 Å². The number of amides is 1. The summed E-state index contributed by atoms with van der Waals surface area (Å²) < 4.78 is 14.7. The van der Waals surface area contributed by atoms with Crippen LogP contribution in [0.3, 0.4) is 0 Å². The van der Waals surface area contributed by atoms with Crippen molar-refractivity contribution in [2.45, 2.75) is 6.54 Å². The first-order valence-corrected chi connectivity index (χ1v) is 8.54. The molecule has 0 atom stereocenters. The molecule has 4 rings (SSSR count). The lowest BCUT2D eigenvalue weighted by atomic mass is 10.1. The molecular weight excluding hydrogens is 355 g/mol. The second kappa shape index (κ2) is 6.52. The lowest BCUT2D eigenvalue weighted by Gasteiger charge is -2.06. The molecule has 3 aromatic heterocycles. The summed E-state index contributed by atoms with van der Waals surface area (Å²) >= 11 is 1.48. The molecule has 0 radical (unpaired) electrons. The van der Waals surface area contributed by atoms with Crippen LogP contribution < -0.4 is 11.1 Å². The Morgan fingerprint density at radius 3 is 2.85 bits per heavy atom. The highest BCUT2D eigenvalue weighted by Crippen LogP contribution is 2.37. The fourth-order valence-corrected chi connectivity index (χ4v) is 3.54. The van der Waals surface area contributed by atoms with Crippen molar-refractivity contribution in [2.24, 2.45) is 5.73 Å². The molecule has 3 heterocycles. The van der Waals surface area contributed by atoms with Crippen molar-refractivity contribution in [3.05, 3.63) is 54.2 Å². The van der Waals surface area contributed by atoms with Gasteiger partial charge in [0.05, 0.1) is 17.3 Å². The standard InChI is InChI=1S/C17H13FN6OS/c18-11-3-1-10(2-4-11)13-8-26-17-15(13)16(20-9-21-17)23-12-5-22-24(6-12)7-14(19)25/h1-6,8-9H,7H2,(H2,19,25)(H,20,21,23). The summed E-state index contributed by atoms with van der Waals surface area (Å²) in [6, 6.07) is 6.28. The van der Waals surface area contributed by atoms with Gasteiger partial charge in [-0.25, -0.2) is 14.4 Å². The number of fused-ring (bicyclic) bond motifs is 1. The second-order valence-electron chi connectivity index (χ2n) is 5.58. The molecule has 1 aromatic carbocycles. The van der Waals surface area contributed by atoms with Crippen LogP contribution in [0.15, 0.2) is 48.4 Å². The Hall–Kier alpha value is -3.33. The predicted octanol–water partition coefficient (Wildman–Crippen LogP) is 2.92. The number of carbonyl (C=O) groups excluding carboxylic acids is 1. The highest BCUT2D eigenvalue weighted by Gasteiger charge is 2.14. The molecule has 4 aromatic rings. The molecule has 0 unspecified atom stereocenters. The van der Waals surface area contributed by atoms with Crippen molar-refractivity contribution in [3.63, 3.8) is 0 Å². The molecule has 0 aliphatic heterocycles. The number of halogens is 1. The SMILES string of the molecule is NC(=O)Cn1cc(Nc2ncnc3scc(-c4ccc(F)cc4)c23)cn1. The fourth-order valence-electron chi connectivity index (χ4n) is 2.62. The highest BCUT2D eigenvalue weighted by atomic mass is 32.1. The number of thiophene rings is 1. The maximum Gasteiger partial charge on any atom is 0.239 e. The van der Waals surface area contributed by atoms with Crippen LogP contribution in [0.2, 0.25) is 0 Å². The normalized spacial score (nSPS) is 11.0. The molecular formula is C17H13FN6OS. The monoisotopic (exact) mass is 368 g/mol. The lowest BCUT2D eigenvalue weighted by molar-refractivity contribution is -0.118. The topological polar surface area (TPSA) is 98.7 Å². The number of aromatic nitrogens is 4. The average Bonchev–Trinajstić information content (AvgIpc) is 3.23. The summed E-state index contributed by atoms with van der Waals surface area (Å²) in [6.45, 7) is 0.000144. The first kappa shape index (κ1) is 16.2. The highest BCUT2D eigenvalue weighted by molar-refractivity contribution is 7.17. The second-order valence-corrected chi connectivity index (χ2v) is 6.43. The summed E-state index contributed by atoms with van der Waals surface area (Å²) in [5.74, 6) is -0.153. The van der Waals surface area contributed by atoms with Crippen molar-refractivity contribution in [2.75, 3.05) is 5.32 Å². The Bertz CT molecular complexity index is 1090. The number of nitrogens with zero attached hydrogens (tertiary/aromatic N) is 4. The number of rotatable bonds is 5. The molecule has 0 saturated carbocycles. The van der Waals surface area contributed by atoms with Crippen molar-refractivity contribution in [3.8, 4) is 11.1 Å². The molecule has 3 N–H and O–H groups in total. The van der Waals surface area contributed by atoms with Crippen LogP contribution >= 0.6 is 11.3 Å². The average molecular weight is 368 g/mol. The quantitative estimate of drug-likeness (QED) is 0.564. The summed E-state index contributed by atoms with van der Waals surface area (Å²) in [4.78, 5) is 20.4. The van der Waals surface area contributed by atoms with Gasteiger partial charge in [0.1, 0.15) is 29.3 Å². The molecule has 7 nitrogen and oxygen atoms in total. The molecule has 0 aliphatic rings. The van der Waals surface area contributed by atoms with Crippen LogP contribution in [0.4, 0.5) is 15.9 Å². The maximum atomic E-state index is 13.2. The van der Waals surface area contributed by atoms with Gasteiger partial charge in [-0.05, 0) is 17.7 Å². The molecule has 0 saturated heterocycles. The van der Waals surface area contributed by atoms with E-state index in [9.17, 15) is 9.18 Å². The van der Waals surface area contributed by atoms with E-state index in [4.69, 9.17) is 5.73 Å². The van der Waals surface area contributed by atoms with Gasteiger partial charge in [-0.1, -0.05) is 12.1 Å². The van der Waals surface area contributed by atoms with E-state index in [2.05, 4.69) is 20.4 Å². The molecule has 0 bridgehead atoms. The Kier molecular flexibility index (Phi) is 4.05. The molecule has 0 spiro atoms. The van der Waals surface area contributed by atoms with Crippen molar-refractivity contribution in [1.82, 2.24) is 19.7 Å². The van der Waals surface area contributed by atoms with E-state index in [-0.39, 0.29) is 12.4 Å². The first-order valence-electron chi connectivity index (χ1n) is 7.66. The van der Waals surface area contributed by atoms with E-state index in [0.29, 0.717) is 11.5 Å². The van der Waals surface area contributed by atoms with Gasteiger partial charge in [0, 0.05) is 17.1 Å². The molecule has 9 heteroatoms. The van der Waals surface area contributed by atoms with Crippen LogP contribution in [0.25, 0.3) is 21.3 Å². The van der Waals surface area contributed by atoms with Crippen LogP contribution in [0, 0.1) is 5.82 Å². The van der Waals surface area contributed by atoms with Gasteiger partial charge < -0.3 is 11.1 Å². The Labute approximate surface area is 151 Å². The first-order chi connectivity index (χ1) is 12.6. The number of hydrogen-bond acceptors (Lipinski definition) is 6. The van der Waals surface area contributed by atoms with Gasteiger partial charge in [0.2, 0.25) is 5.91 Å². The molecule has 1 amide bonds. The Morgan fingerprint density at radius 1 is 1.27 bits per heavy atom. The summed E-state index contributed by atoms with van der Waals surface area (Å²) in [5.41, 5.74) is 7.63. The van der Waals surface area contributed by atoms with Gasteiger partial charge in [-0.3, -0.25) is 9.48 Å². The minimum absolute atomic E-state index is 0.000144. The number of carbonyl (C=O) groups is 1. The van der Waals surface area contributed by atoms with Gasteiger partial charge >= 0.3 is 0 Å². The number of nitrogens with two attached hydrogens (primary N) is 1. The summed E-state index contributed by atoms with van der Waals surface area (Å²) in [6.07, 6.45) is 4.73. The van der Waals surface area contributed by atoms with Crippen molar-refractivity contribution < 1.29 is 9.18 Å². The number of nitrogens with one attached hydrogen (secondary N) is 1. The van der Waals surface area contributed by atoms with E-state index in [1.807, 2.05) is 5.38 Å². The zero-order valence-electron chi connectivity index (χ0n) is 13.4. The molecule has 0 fully saturated rings. The third-order valence-corrected chi connectivity index (χ3v) is 4.63. The van der Waals surface area contributed by atoms with Gasteiger partial charge in [-0.2, -0.15) is 5.10 Å². The molecule has 130 valence electrons. The van der Waals surface area contributed by atoms with Gasteiger partial charge in [-0.15, -0.1) is 11.3 Å². The number of primary amides is 1. The predicted molar refractivity (Wildman–Crippen MR) is 97.5 cm³/mol. The van der Waals surface area contributed by atoms with E-state index in [1.54, 1.807) is 24.5 Å².